The molecule has 5 nitrogen and oxygen atoms in total. The summed E-state index contributed by atoms with van der Waals surface area (Å²) in [5, 5.41) is 8.80. The van der Waals surface area contributed by atoms with E-state index in [0.29, 0.717) is 23.9 Å². The Balaban J connectivity index is 0.00000300. The van der Waals surface area contributed by atoms with Gasteiger partial charge in [-0.05, 0) is 38.5 Å². The van der Waals surface area contributed by atoms with Crippen LogP contribution in [0.5, 0.6) is 0 Å². The largest absolute Gasteiger partial charge is 2.00 e. The number of rotatable bonds is 7. The van der Waals surface area contributed by atoms with Crippen LogP contribution in [0.25, 0.3) is 0 Å². The van der Waals surface area contributed by atoms with Crippen LogP contribution in [0.3, 0.4) is 0 Å². The molecule has 0 aliphatic rings. The minimum absolute atomic E-state index is 0. The average Bonchev–Trinajstić information content (AvgIpc) is 3.25. The van der Waals surface area contributed by atoms with E-state index in [9.17, 15) is 4.79 Å². The summed E-state index contributed by atoms with van der Waals surface area (Å²) in [6, 6.07) is 7.64. The van der Waals surface area contributed by atoms with Gasteiger partial charge in [0.1, 0.15) is 5.69 Å². The molecule has 0 fully saturated rings. The normalized spacial score (nSPS) is 10.4. The van der Waals surface area contributed by atoms with Gasteiger partial charge in [-0.15, -0.1) is 35.8 Å². The first-order valence-corrected chi connectivity index (χ1v) is 10.7. The maximum Gasteiger partial charge on any atom is 2.00 e. The van der Waals surface area contributed by atoms with Crippen molar-refractivity contribution in [2.75, 3.05) is 28.6 Å². The summed E-state index contributed by atoms with van der Waals surface area (Å²) in [5.74, 6) is -0.236. The number of carbonyl (C=O) groups is 1. The number of aromatic nitrogens is 1. The summed E-state index contributed by atoms with van der Waals surface area (Å²) >= 11 is 3.18. The second-order valence-corrected chi connectivity index (χ2v) is 8.62. The minimum atomic E-state index is -0.236. The number of nitrogens with zero attached hydrogens (tertiary/aromatic N) is 2. The smallest absolute Gasteiger partial charge is 0.430 e. The predicted octanol–water partition coefficient (Wildman–Crippen LogP) is 5.60. The first kappa shape index (κ1) is 23.6. The van der Waals surface area contributed by atoms with E-state index in [0.717, 1.165) is 17.1 Å². The number of benzene rings is 1. The van der Waals surface area contributed by atoms with Crippen LogP contribution in [0.2, 0.25) is 0 Å². The number of aryl methyl sites for hydroxylation is 2. The molecule has 0 radical (unpaired) electrons. The number of para-hydroxylation sites is 2. The predicted molar refractivity (Wildman–Crippen MR) is 121 cm³/mol. The van der Waals surface area contributed by atoms with Crippen molar-refractivity contribution in [3.8, 4) is 0 Å². The molecule has 152 valence electrons. The molecule has 29 heavy (non-hydrogen) atoms. The Kier molecular flexibility index (Phi) is 8.43. The molecule has 0 aliphatic carbocycles. The van der Waals surface area contributed by atoms with E-state index in [1.54, 1.807) is 16.7 Å². The van der Waals surface area contributed by atoms with Gasteiger partial charge in [0, 0.05) is 15.1 Å². The van der Waals surface area contributed by atoms with Gasteiger partial charge in [-0.25, -0.2) is 4.98 Å². The summed E-state index contributed by atoms with van der Waals surface area (Å²) < 4.78 is 0. The van der Waals surface area contributed by atoms with Crippen molar-refractivity contribution in [3.63, 3.8) is 0 Å². The molecule has 3 rings (SSSR count). The van der Waals surface area contributed by atoms with Crippen molar-refractivity contribution < 1.29 is 25.9 Å². The third-order valence-corrected chi connectivity index (χ3v) is 6.44. The summed E-state index contributed by atoms with van der Waals surface area (Å²) in [7, 11) is 0. The van der Waals surface area contributed by atoms with Gasteiger partial charge in [-0.1, -0.05) is 12.1 Å². The molecule has 8 heteroatoms. The Labute approximate surface area is 194 Å². The van der Waals surface area contributed by atoms with Crippen LogP contribution in [-0.2, 0) is 21.1 Å². The van der Waals surface area contributed by atoms with Crippen molar-refractivity contribution >= 4 is 50.8 Å². The molecular formula is C21H24N4OS2W. The number of carbonyl (C=O) groups excluding carboxylic acids is 1. The van der Waals surface area contributed by atoms with Crippen molar-refractivity contribution in [2.24, 2.45) is 0 Å². The van der Waals surface area contributed by atoms with Crippen LogP contribution in [0.4, 0.5) is 22.2 Å². The van der Waals surface area contributed by atoms with E-state index in [1.807, 2.05) is 29.2 Å². The zero-order valence-electron chi connectivity index (χ0n) is 16.7. The quantitative estimate of drug-likeness (QED) is 0.349. The summed E-state index contributed by atoms with van der Waals surface area (Å²) in [5.41, 5.74) is 4.31. The van der Waals surface area contributed by atoms with Gasteiger partial charge in [0.2, 0.25) is 0 Å². The molecular weight excluding hydrogens is 572 g/mol. The second kappa shape index (κ2) is 10.4. The van der Waals surface area contributed by atoms with Crippen molar-refractivity contribution in [2.45, 2.75) is 20.8 Å². The standard InChI is InChI=1S/C21H24N4OS2.W/c1-6-25(7-2)18-11-9-8-10-16(18)22-20(26)17-12-27-21(23-17)24-19-13(3)14(4)28-15(19)5;/h8-12H,1-2,6-7H2,3-5H3,(H,22,26)(H,23,24);/q-2;+2. The molecule has 1 aromatic carbocycles. The second-order valence-electron chi connectivity index (χ2n) is 6.34. The molecule has 0 aliphatic heterocycles. The Morgan fingerprint density at radius 3 is 2.45 bits per heavy atom. The number of nitrogens with one attached hydrogen (secondary N) is 2. The molecule has 2 heterocycles. The number of hydrogen-bond acceptors (Lipinski definition) is 6. The van der Waals surface area contributed by atoms with Crippen LogP contribution >= 0.6 is 22.7 Å². The van der Waals surface area contributed by atoms with Gasteiger partial charge in [0.25, 0.3) is 5.91 Å². The van der Waals surface area contributed by atoms with Gasteiger partial charge in [0.15, 0.2) is 5.13 Å². The van der Waals surface area contributed by atoms with E-state index >= 15 is 0 Å². The van der Waals surface area contributed by atoms with Crippen molar-refractivity contribution in [1.29, 1.82) is 0 Å². The van der Waals surface area contributed by atoms with Crippen LogP contribution in [-0.4, -0.2) is 24.0 Å². The monoisotopic (exact) mass is 596 g/mol. The third-order valence-electron chi connectivity index (χ3n) is 4.56. The van der Waals surface area contributed by atoms with Gasteiger partial charge in [-0.3, -0.25) is 4.79 Å². The molecule has 0 bridgehead atoms. The fourth-order valence-electron chi connectivity index (χ4n) is 2.92. The maximum atomic E-state index is 12.7. The molecule has 0 atom stereocenters. The Hall–Kier alpha value is -1.69. The van der Waals surface area contributed by atoms with E-state index < -0.39 is 0 Å². The topological polar surface area (TPSA) is 57.3 Å². The third kappa shape index (κ3) is 5.27. The van der Waals surface area contributed by atoms with E-state index in [1.165, 1.54) is 26.7 Å². The number of amides is 1. The fraction of sp³-hybridized carbons (Fsp3) is 0.238. The van der Waals surface area contributed by atoms with E-state index in [4.69, 9.17) is 0 Å². The summed E-state index contributed by atoms with van der Waals surface area (Å²) in [4.78, 5) is 21.7. The zero-order chi connectivity index (χ0) is 20.3. The van der Waals surface area contributed by atoms with Crippen LogP contribution in [0, 0.1) is 34.6 Å². The molecule has 3 aromatic rings. The maximum absolute atomic E-state index is 12.7. The summed E-state index contributed by atoms with van der Waals surface area (Å²) in [6.45, 7) is 15.3. The first-order chi connectivity index (χ1) is 13.4. The first-order valence-electron chi connectivity index (χ1n) is 8.97. The van der Waals surface area contributed by atoms with Crippen molar-refractivity contribution in [1.82, 2.24) is 4.98 Å². The fourth-order valence-corrected chi connectivity index (χ4v) is 4.63. The van der Waals surface area contributed by atoms with E-state index in [-0.39, 0.29) is 27.0 Å². The molecule has 1 amide bonds. The summed E-state index contributed by atoms with van der Waals surface area (Å²) in [6.07, 6.45) is 0. The van der Waals surface area contributed by atoms with Gasteiger partial charge >= 0.3 is 21.1 Å². The van der Waals surface area contributed by atoms with Crippen LogP contribution in [0.15, 0.2) is 29.6 Å². The molecule has 0 spiro atoms. The van der Waals surface area contributed by atoms with Gasteiger partial charge in [-0.2, -0.15) is 0 Å². The molecule has 0 saturated heterocycles. The number of hydrogen-bond donors (Lipinski definition) is 2. The Morgan fingerprint density at radius 2 is 1.83 bits per heavy atom. The SMILES string of the molecule is [CH2-]CN(C[CH2-])c1ccccc1NC(=O)c1csc(Nc2c(C)sc(C)c2C)n1.[W+2]. The number of anilines is 4. The number of thiophene rings is 1. The Morgan fingerprint density at radius 1 is 1.14 bits per heavy atom. The van der Waals surface area contributed by atoms with Gasteiger partial charge in [0.05, 0.1) is 17.1 Å². The van der Waals surface area contributed by atoms with Crippen molar-refractivity contribution in [3.05, 3.63) is 64.5 Å². The number of thiazole rings is 1. The van der Waals surface area contributed by atoms with Crippen LogP contribution < -0.4 is 15.5 Å². The Bertz CT molecular complexity index is 979. The average molecular weight is 596 g/mol. The molecule has 2 N–H and O–H groups in total. The van der Waals surface area contributed by atoms with E-state index in [2.05, 4.69) is 50.2 Å². The molecule has 0 saturated carbocycles. The molecule has 0 unspecified atom stereocenters. The molecule has 2 aromatic heterocycles. The van der Waals surface area contributed by atoms with Crippen LogP contribution in [0.1, 0.15) is 25.8 Å². The zero-order valence-corrected chi connectivity index (χ0v) is 21.3. The van der Waals surface area contributed by atoms with Gasteiger partial charge < -0.3 is 29.4 Å². The minimum Gasteiger partial charge on any atom is -0.430 e.